The topological polar surface area (TPSA) is 156 Å². The van der Waals surface area contributed by atoms with Crippen LogP contribution in [0, 0.1) is 17.0 Å². The molecule has 0 unspecified atom stereocenters. The highest BCUT2D eigenvalue weighted by molar-refractivity contribution is 8.19. The van der Waals surface area contributed by atoms with Gasteiger partial charge in [-0.15, -0.1) is 5.10 Å². The predicted molar refractivity (Wildman–Crippen MR) is 165 cm³/mol. The van der Waals surface area contributed by atoms with Crippen molar-refractivity contribution in [2.75, 3.05) is 17.3 Å². The molecule has 216 valence electrons. The number of para-hydroxylation sites is 1. The summed E-state index contributed by atoms with van der Waals surface area (Å²) in [5.41, 5.74) is 4.34. The second kappa shape index (κ2) is 12.7. The van der Waals surface area contributed by atoms with Crippen molar-refractivity contribution in [1.29, 1.82) is 0 Å². The van der Waals surface area contributed by atoms with E-state index in [-0.39, 0.29) is 26.8 Å². The molecule has 0 atom stereocenters. The van der Waals surface area contributed by atoms with Crippen LogP contribution in [0.25, 0.3) is 6.08 Å². The number of thioether (sulfide) groups is 1. The van der Waals surface area contributed by atoms with Crippen molar-refractivity contribution >= 4 is 68.6 Å². The van der Waals surface area contributed by atoms with Gasteiger partial charge in [0, 0.05) is 17.7 Å². The highest BCUT2D eigenvalue weighted by Gasteiger charge is 2.35. The molecule has 14 heteroatoms. The fourth-order valence-electron chi connectivity index (χ4n) is 3.92. The molecule has 0 spiro atoms. The lowest BCUT2D eigenvalue weighted by molar-refractivity contribution is -0.384. The molecule has 1 aliphatic rings. The van der Waals surface area contributed by atoms with Gasteiger partial charge in [-0.3, -0.25) is 34.7 Å². The number of nitro benzene ring substituents is 1. The minimum atomic E-state index is -0.568. The van der Waals surface area contributed by atoms with E-state index in [4.69, 9.17) is 4.74 Å². The molecule has 0 radical (unpaired) electrons. The molecule has 0 aliphatic carbocycles. The van der Waals surface area contributed by atoms with Crippen molar-refractivity contribution in [3.05, 3.63) is 116 Å². The van der Waals surface area contributed by atoms with Crippen LogP contribution in [0.4, 0.5) is 16.5 Å². The van der Waals surface area contributed by atoms with Crippen LogP contribution in [0.2, 0.25) is 0 Å². The van der Waals surface area contributed by atoms with Crippen LogP contribution < -0.4 is 20.4 Å². The maximum absolute atomic E-state index is 13.4. The molecule has 1 saturated heterocycles. The Hall–Kier alpha value is -5.34. The third-order valence-corrected chi connectivity index (χ3v) is 8.09. The Bertz CT molecular complexity index is 1770. The van der Waals surface area contributed by atoms with Crippen molar-refractivity contribution in [2.45, 2.75) is 6.92 Å². The number of thiazole rings is 1. The van der Waals surface area contributed by atoms with Gasteiger partial charge in [0.1, 0.15) is 10.6 Å². The molecule has 2 N–H and O–H groups in total. The largest absolute Gasteiger partial charge is 0.497 e. The summed E-state index contributed by atoms with van der Waals surface area (Å²) in [7, 11) is 1.53. The molecular weight excluding hydrogens is 592 g/mol. The van der Waals surface area contributed by atoms with Crippen molar-refractivity contribution in [3.8, 4) is 5.75 Å². The Morgan fingerprint density at radius 1 is 1.02 bits per heavy atom. The first-order valence-electron chi connectivity index (χ1n) is 12.6. The number of nitro groups is 1. The van der Waals surface area contributed by atoms with E-state index in [2.05, 4.69) is 20.8 Å². The Morgan fingerprint density at radius 2 is 1.72 bits per heavy atom. The van der Waals surface area contributed by atoms with Crippen LogP contribution in [0.5, 0.6) is 5.75 Å². The maximum atomic E-state index is 13.4. The first-order chi connectivity index (χ1) is 20.7. The van der Waals surface area contributed by atoms with Crippen LogP contribution >= 0.6 is 23.1 Å². The number of hydrogen-bond donors (Lipinski definition) is 2. The number of anilines is 2. The van der Waals surface area contributed by atoms with Gasteiger partial charge in [0.25, 0.3) is 23.4 Å². The van der Waals surface area contributed by atoms with E-state index >= 15 is 0 Å². The number of benzene rings is 3. The standard InChI is InChI=1S/C29H22N6O6S2/c1-17-24(43-28(30-17)31-25(36)19-10-14-22(41-2)15-11-19)26(37)32-33-29-34(20-6-4-3-5-7-20)27(38)23(42-29)16-18-8-12-21(13-9-18)35(39)40/h3-16H,1-2H3,(H,32,37)(H,30,31,36)/b23-16-,33-29-. The highest BCUT2D eigenvalue weighted by Crippen LogP contribution is 2.36. The number of nitrogens with zero attached hydrogens (tertiary/aromatic N) is 4. The predicted octanol–water partition coefficient (Wildman–Crippen LogP) is 5.44. The van der Waals surface area contributed by atoms with E-state index in [1.807, 2.05) is 0 Å². The van der Waals surface area contributed by atoms with Gasteiger partial charge in [0.15, 0.2) is 10.3 Å². The Kier molecular flexibility index (Phi) is 8.59. The van der Waals surface area contributed by atoms with Crippen LogP contribution in [-0.4, -0.2) is 39.9 Å². The Balaban J connectivity index is 1.35. The highest BCUT2D eigenvalue weighted by atomic mass is 32.2. The van der Waals surface area contributed by atoms with E-state index in [0.29, 0.717) is 33.2 Å². The van der Waals surface area contributed by atoms with Gasteiger partial charge in [0.05, 0.1) is 28.3 Å². The molecule has 2 heterocycles. The third-order valence-electron chi connectivity index (χ3n) is 6.05. The van der Waals surface area contributed by atoms with Crippen molar-refractivity contribution < 1.29 is 24.0 Å². The fourth-order valence-corrected chi connectivity index (χ4v) is 5.71. The number of hydrogen-bond acceptors (Lipinski definition) is 10. The van der Waals surface area contributed by atoms with Crippen molar-refractivity contribution in [3.63, 3.8) is 0 Å². The van der Waals surface area contributed by atoms with Crippen LogP contribution in [0.15, 0.2) is 88.9 Å². The number of aryl methyl sites for hydroxylation is 1. The number of non-ortho nitro benzene ring substituents is 1. The van der Waals surface area contributed by atoms with Gasteiger partial charge < -0.3 is 4.74 Å². The van der Waals surface area contributed by atoms with E-state index in [1.165, 1.54) is 24.1 Å². The number of carbonyl (C=O) groups excluding carboxylic acids is 3. The summed E-state index contributed by atoms with van der Waals surface area (Å²) < 4.78 is 5.11. The normalized spacial score (nSPS) is 14.7. The molecule has 1 aliphatic heterocycles. The number of methoxy groups -OCH3 is 1. The average Bonchev–Trinajstić information content (AvgIpc) is 3.54. The van der Waals surface area contributed by atoms with Crippen molar-refractivity contribution in [1.82, 2.24) is 10.4 Å². The number of amidine groups is 1. The number of aromatic nitrogens is 1. The van der Waals surface area contributed by atoms with Crippen LogP contribution in [0.3, 0.4) is 0 Å². The summed E-state index contributed by atoms with van der Waals surface area (Å²) in [6.07, 6.45) is 1.60. The van der Waals surface area contributed by atoms with Crippen LogP contribution in [0.1, 0.15) is 31.3 Å². The van der Waals surface area contributed by atoms with Gasteiger partial charge in [0.2, 0.25) is 0 Å². The van der Waals surface area contributed by atoms with Gasteiger partial charge in [-0.2, -0.15) is 0 Å². The minimum absolute atomic E-state index is 0.0646. The quantitative estimate of drug-likeness (QED) is 0.151. The molecule has 3 aromatic carbocycles. The first kappa shape index (κ1) is 29.2. The molecule has 12 nitrogen and oxygen atoms in total. The number of hydrazone groups is 1. The van der Waals surface area contributed by atoms with E-state index in [9.17, 15) is 24.5 Å². The smallest absolute Gasteiger partial charge is 0.283 e. The fraction of sp³-hybridized carbons (Fsp3) is 0.0690. The molecule has 43 heavy (non-hydrogen) atoms. The van der Waals surface area contributed by atoms with E-state index in [1.54, 1.807) is 79.7 Å². The third kappa shape index (κ3) is 6.60. The Morgan fingerprint density at radius 3 is 2.37 bits per heavy atom. The molecule has 0 saturated carbocycles. The van der Waals surface area contributed by atoms with Crippen molar-refractivity contribution in [2.24, 2.45) is 5.10 Å². The number of carbonyl (C=O) groups is 3. The number of amides is 3. The Labute approximate surface area is 253 Å². The molecular formula is C29H22N6O6S2. The summed E-state index contributed by atoms with van der Waals surface area (Å²) in [6.45, 7) is 1.64. The zero-order chi connectivity index (χ0) is 30.5. The molecule has 0 bridgehead atoms. The van der Waals surface area contributed by atoms with Gasteiger partial charge in [-0.1, -0.05) is 29.5 Å². The molecule has 4 aromatic rings. The molecule has 3 amide bonds. The zero-order valence-corrected chi connectivity index (χ0v) is 24.3. The summed E-state index contributed by atoms with van der Waals surface area (Å²) in [5.74, 6) is -0.721. The second-order valence-electron chi connectivity index (χ2n) is 8.89. The molecule has 5 rings (SSSR count). The number of ether oxygens (including phenoxy) is 1. The SMILES string of the molecule is COc1ccc(C(=O)Nc2nc(C)c(C(=O)N/N=C3\S/C(=C\c4ccc([N+](=O)[O-])cc4)C(=O)N3c3ccccc3)s2)cc1. The monoisotopic (exact) mass is 614 g/mol. The van der Waals surface area contributed by atoms with Crippen LogP contribution in [-0.2, 0) is 4.79 Å². The maximum Gasteiger partial charge on any atom is 0.283 e. The van der Waals surface area contributed by atoms with Gasteiger partial charge in [-0.25, -0.2) is 10.4 Å². The summed E-state index contributed by atoms with van der Waals surface area (Å²) in [5, 5.41) is 18.4. The zero-order valence-electron chi connectivity index (χ0n) is 22.6. The molecule has 1 aromatic heterocycles. The number of rotatable bonds is 8. The number of nitrogens with one attached hydrogen (secondary N) is 2. The summed E-state index contributed by atoms with van der Waals surface area (Å²) >= 11 is 2.03. The van der Waals surface area contributed by atoms with E-state index < -0.39 is 16.7 Å². The van der Waals surface area contributed by atoms with Gasteiger partial charge >= 0.3 is 0 Å². The average molecular weight is 615 g/mol. The lowest BCUT2D eigenvalue weighted by Crippen LogP contribution is -2.31. The lowest BCUT2D eigenvalue weighted by Gasteiger charge is -2.15. The molecule has 1 fully saturated rings. The summed E-state index contributed by atoms with van der Waals surface area (Å²) in [6, 6.07) is 21.1. The first-order valence-corrected chi connectivity index (χ1v) is 14.2. The summed E-state index contributed by atoms with van der Waals surface area (Å²) in [4.78, 5) is 55.8. The minimum Gasteiger partial charge on any atom is -0.497 e. The van der Waals surface area contributed by atoms with E-state index in [0.717, 1.165) is 23.1 Å². The second-order valence-corrected chi connectivity index (χ2v) is 10.9. The van der Waals surface area contributed by atoms with Gasteiger partial charge in [-0.05, 0) is 78.9 Å². The lowest BCUT2D eigenvalue weighted by atomic mass is 10.2.